The van der Waals surface area contributed by atoms with E-state index >= 15 is 0 Å². The number of benzene rings is 3. The van der Waals surface area contributed by atoms with Crippen molar-refractivity contribution in [1.82, 2.24) is 20.0 Å². The average molecular weight is 1780 g/mol. The molecule has 4 atom stereocenters. The fourth-order valence-electron chi connectivity index (χ4n) is 7.98. The Kier molecular flexibility index (Phi) is 59.2. The van der Waals surface area contributed by atoms with Gasteiger partial charge in [-0.3, -0.25) is 4.55 Å². The Labute approximate surface area is 662 Å². The summed E-state index contributed by atoms with van der Waals surface area (Å²) in [6.45, 7) is 23.2. The number of hydrogen-bond acceptors (Lipinski definition) is 20. The standard InChI is InChI=1S/C18H15P.C11H20BrNO3.C11H21NO6S.C11H21NO4.C6H14N2O3S.CBr4.3CH4.2Na.O3S/c1-4-10-16(11-5-1)19(17-12-6-2-7-13-17)18-14-8-3-9-15-18;1-11(2,3)16-10(14)13-6-7-15-9(8-13)4-5-12;1-11(2,3)18-10(13)12-5-6-17-9(8-12)4-7-19(14,15)16;1-11(2,3)16-10(14)12-5-7-15-9(8-12)4-6-13;7-12(9,10)4-1-6-5-8-2-3-11-6;2-1(3,4)5;;;;;;1-4(2)3/h1-15H;9H,4-8H2,1-3H3;9H,4-8H2,1-3H3,(H,14,15,16);9,13H,4-8H2,1-3H3;6,8H,1-5H2,(H2,7,9,10);;3*1H4;;;/q;;;;;;;;;2*+1;-2. The second kappa shape index (κ2) is 54.4. The van der Waals surface area contributed by atoms with Crippen LogP contribution in [0.1, 0.15) is 110 Å². The van der Waals surface area contributed by atoms with Crippen molar-refractivity contribution < 1.29 is 146 Å². The summed E-state index contributed by atoms with van der Waals surface area (Å²) in [5.74, 6) is -0.376. The van der Waals surface area contributed by atoms with Crippen LogP contribution in [0.3, 0.4) is 0 Å². The van der Waals surface area contributed by atoms with Crippen molar-refractivity contribution in [2.24, 2.45) is 5.14 Å². The van der Waals surface area contributed by atoms with Crippen LogP contribution in [0, 0.1) is 0 Å². The number of carbonyl (C=O) groups is 3. The van der Waals surface area contributed by atoms with Gasteiger partial charge in [-0.1, -0.05) is 129 Å². The number of ether oxygens (including phenoxy) is 7. The number of hydrogen-bond donors (Lipinski definition) is 4. The van der Waals surface area contributed by atoms with Crippen molar-refractivity contribution >= 4 is 153 Å². The quantitative estimate of drug-likeness (QED) is 0.0335. The van der Waals surface area contributed by atoms with Gasteiger partial charge >= 0.3 is 77.4 Å². The van der Waals surface area contributed by atoms with Gasteiger partial charge in [0.2, 0.25) is 10.0 Å². The maximum Gasteiger partial charge on any atom is 1.00 e. The van der Waals surface area contributed by atoms with Crippen molar-refractivity contribution in [3.05, 3.63) is 91.0 Å². The molecule has 96 heavy (non-hydrogen) atoms. The van der Waals surface area contributed by atoms with Gasteiger partial charge < -0.3 is 71.3 Å². The number of nitrogens with two attached hydrogens (primary N) is 1. The molecular weight excluding hydrogens is 1680 g/mol. The first-order valence-electron chi connectivity index (χ1n) is 28.9. The Morgan fingerprint density at radius 1 is 0.583 bits per heavy atom. The van der Waals surface area contributed by atoms with Crippen LogP contribution in [0.15, 0.2) is 91.0 Å². The van der Waals surface area contributed by atoms with Gasteiger partial charge in [-0.05, 0) is 176 Å². The topological polar surface area (TPSA) is 330 Å². The molecule has 5 N–H and O–H groups in total. The second-order valence-corrected chi connectivity index (χ2v) is 41.0. The summed E-state index contributed by atoms with van der Waals surface area (Å²) in [5, 5.41) is 21.9. The number of amides is 3. The molecule has 0 bridgehead atoms. The van der Waals surface area contributed by atoms with Gasteiger partial charge in [0.1, 0.15) is 16.8 Å². The predicted octanol–water partition coefficient (Wildman–Crippen LogP) is 4.93. The van der Waals surface area contributed by atoms with Gasteiger partial charge in [-0.15, -0.1) is 0 Å². The summed E-state index contributed by atoms with van der Waals surface area (Å²) in [6, 6.07) is 32.3. The Bertz CT molecular complexity index is 2670. The van der Waals surface area contributed by atoms with Crippen LogP contribution in [-0.4, -0.2) is 209 Å². The SMILES string of the molecule is BrC(Br)(Br)Br.C.C.C.CC(C)(C)OC(=O)N1CCOC(CCBr)C1.CC(C)(C)OC(=O)N1CCOC(CCO)C1.CC(C)(C)OC(=O)N1CCOC(CCS(=O)(=O)O)C1.NS(=O)(=O)CCC1CNCCO1.O=[S-](=O)[O-].[Na+].[Na+].c1ccc(P(c2ccccc2)c2ccccc2)cc1. The number of morpholine rings is 4. The largest absolute Gasteiger partial charge is 1.00 e. The van der Waals surface area contributed by atoms with Gasteiger partial charge in [-0.2, -0.15) is 19.4 Å². The molecule has 4 aliphatic heterocycles. The third-order valence-electron chi connectivity index (χ3n) is 11.7. The van der Waals surface area contributed by atoms with Crippen LogP contribution < -0.4 is 85.5 Å². The molecule has 4 aliphatic rings. The number of nitrogens with one attached hydrogen (secondary N) is 1. The molecule has 0 saturated carbocycles. The van der Waals surface area contributed by atoms with Crippen LogP contribution in [0.25, 0.3) is 0 Å². The van der Waals surface area contributed by atoms with Gasteiger partial charge in [0, 0.05) is 44.7 Å². The van der Waals surface area contributed by atoms with Gasteiger partial charge in [0.05, 0.1) is 82.0 Å². The van der Waals surface area contributed by atoms with E-state index in [2.05, 4.69) is 176 Å². The van der Waals surface area contributed by atoms with E-state index < -0.39 is 68.0 Å². The van der Waals surface area contributed by atoms with Crippen molar-refractivity contribution in [3.8, 4) is 0 Å². The zero-order chi connectivity index (χ0) is 69.1. The van der Waals surface area contributed by atoms with Gasteiger partial charge in [0.15, 0.2) is 1.05 Å². The van der Waals surface area contributed by atoms with Crippen LogP contribution >= 0.6 is 87.6 Å². The number of sulfonamides is 1. The molecule has 4 saturated heterocycles. The van der Waals surface area contributed by atoms with E-state index in [9.17, 15) is 31.2 Å². The number of rotatable bonds is 13. The number of primary sulfonamides is 1. The molecule has 24 nitrogen and oxygen atoms in total. The van der Waals surface area contributed by atoms with Crippen molar-refractivity contribution in [2.75, 3.05) is 102 Å². The van der Waals surface area contributed by atoms with E-state index in [0.717, 1.165) is 24.8 Å². The van der Waals surface area contributed by atoms with Gasteiger partial charge in [0.25, 0.3) is 10.1 Å². The third-order valence-corrected chi connectivity index (χ3v) is 16.2. The predicted molar refractivity (Wildman–Crippen MR) is 392 cm³/mol. The maximum atomic E-state index is 11.8. The molecule has 3 amide bonds. The number of halogens is 5. The average Bonchev–Trinajstić information content (AvgIpc) is 0.843. The summed E-state index contributed by atoms with van der Waals surface area (Å²) in [6.07, 6.45) is 0.761. The van der Waals surface area contributed by atoms with E-state index in [4.69, 9.17) is 60.9 Å². The molecule has 0 spiro atoms. The Morgan fingerprint density at radius 3 is 1.14 bits per heavy atom. The minimum Gasteiger partial charge on any atom is -0.917 e. The summed E-state index contributed by atoms with van der Waals surface area (Å²) < 4.78 is 114. The summed E-state index contributed by atoms with van der Waals surface area (Å²) in [7, 11) is -10.9. The Balaban J connectivity index is -0.000000345. The summed E-state index contributed by atoms with van der Waals surface area (Å²) >= 11 is 15.9. The van der Waals surface area contributed by atoms with E-state index in [0.29, 0.717) is 72.0 Å². The number of carbonyl (C=O) groups excluding carboxylic acids is 3. The smallest absolute Gasteiger partial charge is 0.917 e. The molecule has 4 heterocycles. The van der Waals surface area contributed by atoms with Crippen LogP contribution in [-0.2, 0) is 72.7 Å². The Hall–Kier alpha value is -0.210. The minimum absolute atomic E-state index is 0. The van der Waals surface area contributed by atoms with E-state index in [1.807, 2.05) is 41.5 Å². The number of aliphatic hydroxyl groups is 1. The zero-order valence-corrected chi connectivity index (χ0v) is 70.2. The monoisotopic (exact) mass is 1780 g/mol. The molecule has 4 unspecified atom stereocenters. The van der Waals surface area contributed by atoms with Crippen molar-refractivity contribution in [3.63, 3.8) is 0 Å². The molecule has 3 aromatic carbocycles. The first-order valence-corrected chi connectivity index (χ1v) is 38.8. The molecule has 4 fully saturated rings. The Morgan fingerprint density at radius 2 is 0.875 bits per heavy atom. The minimum atomic E-state index is -4.00. The van der Waals surface area contributed by atoms with E-state index in [1.54, 1.807) is 30.6 Å². The molecule has 546 valence electrons. The molecule has 0 radical (unpaired) electrons. The van der Waals surface area contributed by atoms with Crippen LogP contribution in [0.4, 0.5) is 14.4 Å². The second-order valence-electron chi connectivity index (χ2n) is 23.1. The van der Waals surface area contributed by atoms with Gasteiger partial charge in [-0.25, -0.2) is 27.9 Å². The third kappa shape index (κ3) is 57.2. The van der Waals surface area contributed by atoms with Crippen molar-refractivity contribution in [1.29, 1.82) is 0 Å². The molecule has 35 heteroatoms. The fraction of sp³-hybridized carbons (Fsp3) is 0.656. The normalized spacial score (nSPS) is 17.8. The first kappa shape index (κ1) is 104. The molecule has 3 aromatic rings. The van der Waals surface area contributed by atoms with Crippen LogP contribution in [0.2, 0.25) is 0 Å². The number of nitrogens with zero attached hydrogens (tertiary/aromatic N) is 3. The molecule has 7 rings (SSSR count). The summed E-state index contributed by atoms with van der Waals surface area (Å²) in [5.41, 5.74) is -1.47. The molecular formula is C61H103Br5N5Na2O19PS3. The summed E-state index contributed by atoms with van der Waals surface area (Å²) in [4.78, 5) is 40.2. The zero-order valence-electron chi connectivity index (χ0n) is 54.9. The first-order chi connectivity index (χ1) is 42.2. The van der Waals surface area contributed by atoms with E-state index in [-0.39, 0.29) is 144 Å². The molecule has 0 aliphatic carbocycles. The van der Waals surface area contributed by atoms with E-state index in [1.165, 1.54) is 20.8 Å². The fourth-order valence-corrected chi connectivity index (χ4v) is 12.0. The maximum absolute atomic E-state index is 11.8. The van der Waals surface area contributed by atoms with Crippen molar-refractivity contribution in [2.45, 2.75) is 153 Å². The number of alkyl halides is 5. The van der Waals surface area contributed by atoms with Crippen LogP contribution in [0.5, 0.6) is 0 Å². The number of aliphatic hydroxyl groups excluding tert-OH is 1. The molecule has 0 aromatic heterocycles.